The molecule has 2 aromatic carbocycles. The van der Waals surface area contributed by atoms with Crippen LogP contribution < -0.4 is 16.0 Å². The number of hydrogen-bond acceptors (Lipinski definition) is 6. The van der Waals surface area contributed by atoms with Gasteiger partial charge in [-0.2, -0.15) is 5.10 Å². The molecule has 0 radical (unpaired) electrons. The number of anilines is 1. The summed E-state index contributed by atoms with van der Waals surface area (Å²) >= 11 is 0. The molecule has 2 aromatic heterocycles. The molecule has 30 heavy (non-hydrogen) atoms. The molecule has 4 aromatic rings. The van der Waals surface area contributed by atoms with E-state index in [1.54, 1.807) is 18.3 Å². The Morgan fingerprint density at radius 2 is 1.87 bits per heavy atom. The molecule has 0 spiro atoms. The number of aromatic amines is 1. The lowest BCUT2D eigenvalue weighted by atomic mass is 10.1. The van der Waals surface area contributed by atoms with Crippen LogP contribution in [0.15, 0.2) is 48.7 Å². The molecule has 3 heterocycles. The van der Waals surface area contributed by atoms with Crippen molar-refractivity contribution in [2.45, 2.75) is 6.54 Å². The molecule has 1 fully saturated rings. The minimum Gasteiger partial charge on any atom is -0.369 e. The van der Waals surface area contributed by atoms with Gasteiger partial charge in [0, 0.05) is 44.0 Å². The fraction of sp³-hybridized carbons (Fsp3) is 0.227. The Bertz CT molecular complexity index is 1180. The second-order valence-corrected chi connectivity index (χ2v) is 7.29. The third kappa shape index (κ3) is 3.30. The first-order chi connectivity index (χ1) is 14.7. The van der Waals surface area contributed by atoms with Gasteiger partial charge in [0.05, 0.1) is 11.8 Å². The fourth-order valence-corrected chi connectivity index (χ4v) is 3.88. The van der Waals surface area contributed by atoms with Gasteiger partial charge >= 0.3 is 0 Å². The number of benzene rings is 2. The molecule has 0 amide bonds. The number of halogens is 1. The summed E-state index contributed by atoms with van der Waals surface area (Å²) in [5.74, 6) is -0.0798. The van der Waals surface area contributed by atoms with Gasteiger partial charge in [0.2, 0.25) is 0 Å². The SMILES string of the molecule is NCc1cccc(F)c1-c1ncc2[nH]nc(-c3ccc(N4CCNCC4)cc3)c2n1. The summed E-state index contributed by atoms with van der Waals surface area (Å²) in [6.07, 6.45) is 1.63. The van der Waals surface area contributed by atoms with Crippen molar-refractivity contribution < 1.29 is 4.39 Å². The highest BCUT2D eigenvalue weighted by atomic mass is 19.1. The van der Waals surface area contributed by atoms with Gasteiger partial charge in [-0.3, -0.25) is 5.10 Å². The first kappa shape index (κ1) is 18.7. The molecule has 1 aliphatic rings. The van der Waals surface area contributed by atoms with Crippen LogP contribution in [-0.2, 0) is 6.54 Å². The summed E-state index contributed by atoms with van der Waals surface area (Å²) in [5.41, 5.74) is 11.0. The molecule has 4 N–H and O–H groups in total. The van der Waals surface area contributed by atoms with Gasteiger partial charge in [0.1, 0.15) is 22.5 Å². The number of H-pyrrole nitrogens is 1. The summed E-state index contributed by atoms with van der Waals surface area (Å²) in [4.78, 5) is 11.3. The summed E-state index contributed by atoms with van der Waals surface area (Å²) in [6, 6.07) is 13.1. The number of rotatable bonds is 4. The van der Waals surface area contributed by atoms with Gasteiger partial charge in [-0.1, -0.05) is 24.3 Å². The van der Waals surface area contributed by atoms with Crippen molar-refractivity contribution in [2.24, 2.45) is 5.73 Å². The van der Waals surface area contributed by atoms with E-state index in [4.69, 9.17) is 5.73 Å². The molecule has 152 valence electrons. The molecule has 0 unspecified atom stereocenters. The topological polar surface area (TPSA) is 95.8 Å². The molecular formula is C22H22FN7. The minimum absolute atomic E-state index is 0.209. The van der Waals surface area contributed by atoms with Gasteiger partial charge in [-0.15, -0.1) is 0 Å². The van der Waals surface area contributed by atoms with Crippen molar-refractivity contribution in [1.82, 2.24) is 25.5 Å². The zero-order valence-corrected chi connectivity index (χ0v) is 16.4. The van der Waals surface area contributed by atoms with E-state index in [1.807, 2.05) is 12.1 Å². The normalized spacial score (nSPS) is 14.4. The molecule has 8 heteroatoms. The number of hydrogen-bond donors (Lipinski definition) is 3. The standard InChI is InChI=1S/C22H22FN7/c23-17-3-1-2-15(12-24)19(17)22-26-13-18-21(27-22)20(29-28-18)14-4-6-16(7-5-14)30-10-8-25-9-11-30/h1-7,13,25H,8-12,24H2,(H,28,29). The van der Waals surface area contributed by atoms with E-state index in [1.165, 1.54) is 11.8 Å². The lowest BCUT2D eigenvalue weighted by Crippen LogP contribution is -2.43. The Hall–Kier alpha value is -3.36. The Labute approximate surface area is 173 Å². The van der Waals surface area contributed by atoms with E-state index in [-0.39, 0.29) is 12.4 Å². The summed E-state index contributed by atoms with van der Waals surface area (Å²) < 4.78 is 14.5. The Kier molecular flexibility index (Phi) is 4.86. The molecule has 0 aliphatic carbocycles. The quantitative estimate of drug-likeness (QED) is 0.485. The van der Waals surface area contributed by atoms with Crippen molar-refractivity contribution in [3.8, 4) is 22.6 Å². The monoisotopic (exact) mass is 403 g/mol. The van der Waals surface area contributed by atoms with E-state index in [0.29, 0.717) is 33.7 Å². The predicted octanol–water partition coefficient (Wildman–Crippen LogP) is 2.69. The van der Waals surface area contributed by atoms with E-state index in [2.05, 4.69) is 42.5 Å². The van der Waals surface area contributed by atoms with Crippen LogP contribution in [0, 0.1) is 5.82 Å². The van der Waals surface area contributed by atoms with Crippen LogP contribution in [0.5, 0.6) is 0 Å². The highest BCUT2D eigenvalue weighted by molar-refractivity contribution is 5.90. The number of nitrogens with zero attached hydrogens (tertiary/aromatic N) is 4. The van der Waals surface area contributed by atoms with Crippen LogP contribution in [0.2, 0.25) is 0 Å². The smallest absolute Gasteiger partial charge is 0.163 e. The number of nitrogens with one attached hydrogen (secondary N) is 2. The first-order valence-electron chi connectivity index (χ1n) is 9.99. The van der Waals surface area contributed by atoms with E-state index < -0.39 is 0 Å². The second kappa shape index (κ2) is 7.81. The molecule has 1 aliphatic heterocycles. The van der Waals surface area contributed by atoms with Gasteiger partial charge in [-0.25, -0.2) is 14.4 Å². The van der Waals surface area contributed by atoms with Crippen molar-refractivity contribution >= 4 is 16.7 Å². The Morgan fingerprint density at radius 1 is 1.07 bits per heavy atom. The van der Waals surface area contributed by atoms with Crippen molar-refractivity contribution in [1.29, 1.82) is 0 Å². The number of nitrogens with two attached hydrogens (primary N) is 1. The Morgan fingerprint density at radius 3 is 2.63 bits per heavy atom. The van der Waals surface area contributed by atoms with Gasteiger partial charge in [0.15, 0.2) is 5.82 Å². The minimum atomic E-state index is -0.386. The predicted molar refractivity (Wildman–Crippen MR) is 115 cm³/mol. The van der Waals surface area contributed by atoms with E-state index >= 15 is 0 Å². The molecule has 5 rings (SSSR count). The maximum atomic E-state index is 14.5. The molecule has 0 bridgehead atoms. The molecule has 1 saturated heterocycles. The zero-order valence-electron chi connectivity index (χ0n) is 16.4. The van der Waals surface area contributed by atoms with Crippen LogP contribution in [-0.4, -0.2) is 46.3 Å². The Balaban J connectivity index is 1.54. The van der Waals surface area contributed by atoms with E-state index in [0.717, 1.165) is 31.7 Å². The highest BCUT2D eigenvalue weighted by Gasteiger charge is 2.17. The fourth-order valence-electron chi connectivity index (χ4n) is 3.88. The van der Waals surface area contributed by atoms with Gasteiger partial charge in [0.25, 0.3) is 0 Å². The lowest BCUT2D eigenvalue weighted by molar-refractivity contribution is 0.589. The lowest BCUT2D eigenvalue weighted by Gasteiger charge is -2.29. The summed E-state index contributed by atoms with van der Waals surface area (Å²) in [6.45, 7) is 4.18. The maximum absolute atomic E-state index is 14.5. The zero-order chi connectivity index (χ0) is 20.5. The van der Waals surface area contributed by atoms with Crippen LogP contribution in [0.25, 0.3) is 33.7 Å². The molecule has 0 saturated carbocycles. The van der Waals surface area contributed by atoms with Crippen LogP contribution in [0.4, 0.5) is 10.1 Å². The summed E-state index contributed by atoms with van der Waals surface area (Å²) in [5, 5.41) is 10.8. The highest BCUT2D eigenvalue weighted by Crippen LogP contribution is 2.30. The first-order valence-corrected chi connectivity index (χ1v) is 9.99. The van der Waals surface area contributed by atoms with Crippen molar-refractivity contribution in [3.63, 3.8) is 0 Å². The number of aromatic nitrogens is 4. The summed E-state index contributed by atoms with van der Waals surface area (Å²) in [7, 11) is 0. The van der Waals surface area contributed by atoms with E-state index in [9.17, 15) is 4.39 Å². The molecule has 7 nitrogen and oxygen atoms in total. The van der Waals surface area contributed by atoms with Crippen LogP contribution in [0.1, 0.15) is 5.56 Å². The number of fused-ring (bicyclic) bond motifs is 1. The second-order valence-electron chi connectivity index (χ2n) is 7.29. The van der Waals surface area contributed by atoms with Gasteiger partial charge in [-0.05, 0) is 23.8 Å². The van der Waals surface area contributed by atoms with Crippen LogP contribution >= 0.6 is 0 Å². The maximum Gasteiger partial charge on any atom is 0.163 e. The molecule has 0 atom stereocenters. The third-order valence-electron chi connectivity index (χ3n) is 5.47. The van der Waals surface area contributed by atoms with Crippen LogP contribution in [0.3, 0.4) is 0 Å². The average molecular weight is 403 g/mol. The third-order valence-corrected chi connectivity index (χ3v) is 5.47. The average Bonchev–Trinajstić information content (AvgIpc) is 3.23. The van der Waals surface area contributed by atoms with Crippen molar-refractivity contribution in [2.75, 3.05) is 31.1 Å². The number of piperazine rings is 1. The molecular weight excluding hydrogens is 381 g/mol. The van der Waals surface area contributed by atoms with Crippen molar-refractivity contribution in [3.05, 3.63) is 60.0 Å². The van der Waals surface area contributed by atoms with Gasteiger partial charge < -0.3 is 16.0 Å². The largest absolute Gasteiger partial charge is 0.369 e.